The van der Waals surface area contributed by atoms with E-state index in [1.165, 1.54) is 23.5 Å². The van der Waals surface area contributed by atoms with Crippen LogP contribution < -0.4 is 31.6 Å². The van der Waals surface area contributed by atoms with Crippen LogP contribution in [0.25, 0.3) is 0 Å². The van der Waals surface area contributed by atoms with Crippen molar-refractivity contribution in [2.45, 2.75) is 0 Å². The van der Waals surface area contributed by atoms with Gasteiger partial charge in [-0.15, -0.1) is 0 Å². The SMILES string of the molecule is [Cl-].[Cl-].c1c[c]([Zr+2][c]2ccp[nH]2)[nH]p1. The molecule has 0 fully saturated rings. The third kappa shape index (κ3) is 4.28. The van der Waals surface area contributed by atoms with Gasteiger partial charge in [0.1, 0.15) is 0 Å². The summed E-state index contributed by atoms with van der Waals surface area (Å²) in [5.41, 5.74) is 0. The van der Waals surface area contributed by atoms with Crippen molar-refractivity contribution in [1.82, 2.24) is 9.49 Å². The molecule has 0 unspecified atom stereocenters. The molecule has 2 heterocycles. The number of hydrogen-bond acceptors (Lipinski definition) is 0. The zero-order valence-electron chi connectivity index (χ0n) is 6.46. The van der Waals surface area contributed by atoms with E-state index in [9.17, 15) is 0 Å². The molecular weight excluding hydrogens is 324 g/mol. The van der Waals surface area contributed by atoms with Crippen molar-refractivity contribution in [3.05, 3.63) is 23.7 Å². The second-order valence-electron chi connectivity index (χ2n) is 2.07. The zero-order chi connectivity index (χ0) is 7.52. The molecule has 0 atom stereocenters. The Hall–Kier alpha value is 0.883. The molecule has 0 aliphatic carbocycles. The average Bonchev–Trinajstić information content (AvgIpc) is 2.60. The molecule has 2 aromatic rings. The fourth-order valence-electron chi connectivity index (χ4n) is 0.796. The second kappa shape index (κ2) is 7.21. The van der Waals surface area contributed by atoms with Crippen LogP contribution in [0.4, 0.5) is 0 Å². The Labute approximate surface area is 104 Å². The predicted molar refractivity (Wildman–Crippen MR) is 45.9 cm³/mol. The van der Waals surface area contributed by atoms with E-state index < -0.39 is 23.2 Å². The fourth-order valence-corrected chi connectivity index (χ4v) is 5.93. The summed E-state index contributed by atoms with van der Waals surface area (Å²) in [6, 6.07) is 4.43. The minimum absolute atomic E-state index is 0. The number of rotatable bonds is 2. The van der Waals surface area contributed by atoms with Crippen molar-refractivity contribution in [1.29, 1.82) is 0 Å². The van der Waals surface area contributed by atoms with Crippen LogP contribution in [-0.4, -0.2) is 9.49 Å². The Bertz CT molecular complexity index is 279. The van der Waals surface area contributed by atoms with Gasteiger partial charge in [0.25, 0.3) is 0 Å². The molecule has 0 saturated carbocycles. The van der Waals surface area contributed by atoms with E-state index in [4.69, 9.17) is 0 Å². The number of nitrogens with one attached hydrogen (secondary N) is 2. The van der Waals surface area contributed by atoms with Crippen molar-refractivity contribution < 1.29 is 48.0 Å². The van der Waals surface area contributed by atoms with E-state index in [1.807, 2.05) is 0 Å². The van der Waals surface area contributed by atoms with Gasteiger partial charge in [0.05, 0.1) is 0 Å². The predicted octanol–water partition coefficient (Wildman–Crippen LogP) is -4.46. The molecule has 0 bridgehead atoms. The van der Waals surface area contributed by atoms with Gasteiger partial charge < -0.3 is 24.8 Å². The van der Waals surface area contributed by atoms with Crippen LogP contribution in [0.2, 0.25) is 0 Å². The van der Waals surface area contributed by atoms with Crippen LogP contribution in [-0.2, 0) is 23.2 Å². The van der Waals surface area contributed by atoms with Gasteiger partial charge in [-0.2, -0.15) is 0 Å². The van der Waals surface area contributed by atoms with Crippen molar-refractivity contribution in [2.75, 3.05) is 0 Å². The summed E-state index contributed by atoms with van der Waals surface area (Å²) < 4.78 is 9.62. The summed E-state index contributed by atoms with van der Waals surface area (Å²) in [4.78, 5) is 0. The number of aromatic amines is 2. The van der Waals surface area contributed by atoms with Gasteiger partial charge in [-0.05, 0) is 0 Å². The zero-order valence-corrected chi connectivity index (χ0v) is 12.2. The van der Waals surface area contributed by atoms with Gasteiger partial charge in [0.15, 0.2) is 0 Å². The molecule has 0 aliphatic rings. The first-order chi connectivity index (χ1) is 5.45. The van der Waals surface area contributed by atoms with Gasteiger partial charge in [-0.25, -0.2) is 0 Å². The topological polar surface area (TPSA) is 31.6 Å². The quantitative estimate of drug-likeness (QED) is 0.557. The van der Waals surface area contributed by atoms with Crippen molar-refractivity contribution in [2.24, 2.45) is 0 Å². The third-order valence-corrected chi connectivity index (χ3v) is 6.40. The van der Waals surface area contributed by atoms with Gasteiger partial charge in [0.2, 0.25) is 0 Å². The molecule has 2 nitrogen and oxygen atoms in total. The van der Waals surface area contributed by atoms with Gasteiger partial charge in [-0.1, -0.05) is 0 Å². The van der Waals surface area contributed by atoms with E-state index in [0.29, 0.717) is 0 Å². The molecule has 2 N–H and O–H groups in total. The first-order valence-electron chi connectivity index (χ1n) is 3.21. The van der Waals surface area contributed by atoms with Crippen LogP contribution in [0.1, 0.15) is 0 Å². The first kappa shape index (κ1) is 13.9. The number of halogens is 2. The Kier molecular flexibility index (Phi) is 7.70. The second-order valence-corrected chi connectivity index (χ2v) is 6.89. The maximum atomic E-state index is 3.34. The molecule has 2 rings (SSSR count). The summed E-state index contributed by atoms with van der Waals surface area (Å²) in [7, 11) is 2.49. The summed E-state index contributed by atoms with van der Waals surface area (Å²) in [6.07, 6.45) is 0. The minimum atomic E-state index is -0.485. The van der Waals surface area contributed by atoms with E-state index in [2.05, 4.69) is 33.2 Å². The average molecular weight is 330 g/mol. The van der Waals surface area contributed by atoms with Gasteiger partial charge in [0, 0.05) is 0 Å². The van der Waals surface area contributed by atoms with E-state index >= 15 is 0 Å². The van der Waals surface area contributed by atoms with Crippen LogP contribution in [0.5, 0.6) is 0 Å². The molecule has 0 aromatic carbocycles. The van der Waals surface area contributed by atoms with E-state index in [-0.39, 0.29) is 24.8 Å². The van der Waals surface area contributed by atoms with Crippen LogP contribution in [0.15, 0.2) is 23.7 Å². The summed E-state index contributed by atoms with van der Waals surface area (Å²) in [5.74, 6) is 4.32. The Morgan fingerprint density at radius 3 is 1.69 bits per heavy atom. The van der Waals surface area contributed by atoms with E-state index in [1.54, 1.807) is 0 Å². The monoisotopic (exact) mass is 328 g/mol. The summed E-state index contributed by atoms with van der Waals surface area (Å²) in [5, 5.41) is 0. The van der Waals surface area contributed by atoms with E-state index in [0.717, 1.165) is 0 Å². The summed E-state index contributed by atoms with van der Waals surface area (Å²) >= 11 is -0.485. The normalized spacial score (nSPS) is 9.23. The Morgan fingerprint density at radius 1 is 0.923 bits per heavy atom. The third-order valence-electron chi connectivity index (χ3n) is 1.27. The van der Waals surface area contributed by atoms with Crippen molar-refractivity contribution in [3.63, 3.8) is 0 Å². The molecule has 0 radical (unpaired) electrons. The van der Waals surface area contributed by atoms with Crippen molar-refractivity contribution in [3.8, 4) is 0 Å². The molecule has 13 heavy (non-hydrogen) atoms. The van der Waals surface area contributed by atoms with Crippen LogP contribution in [0.3, 0.4) is 0 Å². The van der Waals surface area contributed by atoms with Crippen molar-refractivity contribution >= 4 is 23.5 Å². The van der Waals surface area contributed by atoms with Crippen LogP contribution >= 0.6 is 16.7 Å². The number of hydrogen-bond donors (Lipinski definition) is 2. The molecule has 7 heteroatoms. The number of aromatic nitrogens is 2. The molecule has 0 amide bonds. The molecule has 0 saturated heterocycles. The summed E-state index contributed by atoms with van der Waals surface area (Å²) in [6.45, 7) is 0. The Balaban J connectivity index is 0.000000720. The Morgan fingerprint density at radius 2 is 1.38 bits per heavy atom. The van der Waals surface area contributed by atoms with Crippen LogP contribution in [0, 0.1) is 0 Å². The molecule has 2 aromatic heterocycles. The maximum absolute atomic E-state index is 3.34. The standard InChI is InChI=1S/2C3H3NP.2ClH.Zr/c2*1-2-4-5-3-1;;;/h2*1,3-4H;2*1H;/q;;;;+2/p-2. The van der Waals surface area contributed by atoms with Gasteiger partial charge >= 0.3 is 80.0 Å². The number of H-pyrrole nitrogens is 2. The molecule has 0 spiro atoms. The first-order valence-corrected chi connectivity index (χ1v) is 7.59. The molecule has 0 aliphatic heterocycles. The fraction of sp³-hybridized carbons (Fsp3) is 0. The molecular formula is C6H6Cl2N2P2Zr. The van der Waals surface area contributed by atoms with Gasteiger partial charge in [-0.3, -0.25) is 0 Å². The molecule has 68 valence electrons.